The van der Waals surface area contributed by atoms with Crippen LogP contribution in [0.2, 0.25) is 0 Å². The molecule has 154 valence electrons. The molecule has 1 N–H and O–H groups in total. The van der Waals surface area contributed by atoms with E-state index in [9.17, 15) is 9.59 Å². The molecule has 0 amide bonds. The number of carbonyl (C=O) groups is 2. The van der Waals surface area contributed by atoms with Crippen molar-refractivity contribution in [1.29, 1.82) is 0 Å². The van der Waals surface area contributed by atoms with Crippen molar-refractivity contribution in [1.82, 2.24) is 4.98 Å². The molecule has 4 rings (SSSR count). The Balaban J connectivity index is 1.65. The summed E-state index contributed by atoms with van der Waals surface area (Å²) in [5, 5.41) is 9.13. The molecule has 1 aromatic heterocycles. The fourth-order valence-corrected chi connectivity index (χ4v) is 3.95. The molecule has 0 fully saturated rings. The maximum atomic E-state index is 13.4. The van der Waals surface area contributed by atoms with E-state index in [1.807, 2.05) is 43.4 Å². The molecule has 5 nitrogen and oxygen atoms in total. The Bertz CT molecular complexity index is 1160. The zero-order valence-corrected chi connectivity index (χ0v) is 17.2. The van der Waals surface area contributed by atoms with Crippen LogP contribution in [0.15, 0.2) is 73.1 Å². The number of hydrogen-bond donors (Lipinski definition) is 1. The molecule has 0 saturated carbocycles. The van der Waals surface area contributed by atoms with Crippen LogP contribution >= 0.6 is 0 Å². The van der Waals surface area contributed by atoms with Crippen LogP contribution in [0.25, 0.3) is 0 Å². The van der Waals surface area contributed by atoms with Crippen molar-refractivity contribution in [2.75, 3.05) is 11.9 Å². The zero-order valence-electron chi connectivity index (χ0n) is 17.2. The summed E-state index contributed by atoms with van der Waals surface area (Å²) in [7, 11) is 1.97. The number of aromatic carboxylic acids is 1. The number of carboxylic acids is 1. The lowest BCUT2D eigenvalue weighted by atomic mass is 9.81. The second kappa shape index (κ2) is 8.85. The lowest BCUT2D eigenvalue weighted by molar-refractivity contribution is 0.0696. The summed E-state index contributed by atoms with van der Waals surface area (Å²) in [6.07, 6.45) is 4.58. The Labute approximate surface area is 181 Å². The monoisotopic (exact) mass is 410 g/mol. The maximum absolute atomic E-state index is 13.4. The molecule has 2 atom stereocenters. The molecule has 31 heavy (non-hydrogen) atoms. The average molecular weight is 410 g/mol. The third-order valence-electron chi connectivity index (χ3n) is 5.61. The van der Waals surface area contributed by atoms with Crippen LogP contribution in [-0.4, -0.2) is 34.9 Å². The van der Waals surface area contributed by atoms with Crippen molar-refractivity contribution in [3.8, 4) is 11.8 Å². The van der Waals surface area contributed by atoms with Gasteiger partial charge in [0.25, 0.3) is 0 Å². The SMILES string of the molecule is CN1c2ccccc2C(=O)C(Cc2ccc(C(=O)O)cc2)C1C#CCc1cccnc1. The van der Waals surface area contributed by atoms with Gasteiger partial charge in [0.1, 0.15) is 6.04 Å². The van der Waals surface area contributed by atoms with Gasteiger partial charge in [-0.15, -0.1) is 0 Å². The smallest absolute Gasteiger partial charge is 0.335 e. The third-order valence-corrected chi connectivity index (χ3v) is 5.61. The molecule has 1 aliphatic heterocycles. The van der Waals surface area contributed by atoms with Gasteiger partial charge < -0.3 is 10.0 Å². The maximum Gasteiger partial charge on any atom is 0.335 e. The largest absolute Gasteiger partial charge is 0.478 e. The van der Waals surface area contributed by atoms with E-state index in [0.29, 0.717) is 18.4 Å². The van der Waals surface area contributed by atoms with Gasteiger partial charge in [-0.2, -0.15) is 0 Å². The number of pyridine rings is 1. The molecule has 5 heteroatoms. The Kier molecular flexibility index (Phi) is 5.81. The number of ketones is 1. The minimum atomic E-state index is -0.965. The van der Waals surface area contributed by atoms with Gasteiger partial charge in [-0.05, 0) is 47.9 Å². The predicted octanol–water partition coefficient (Wildman–Crippen LogP) is 3.89. The van der Waals surface area contributed by atoms with E-state index >= 15 is 0 Å². The Morgan fingerprint density at radius 3 is 2.55 bits per heavy atom. The number of nitrogens with zero attached hydrogens (tertiary/aromatic N) is 2. The number of benzene rings is 2. The summed E-state index contributed by atoms with van der Waals surface area (Å²) < 4.78 is 0. The van der Waals surface area contributed by atoms with E-state index in [4.69, 9.17) is 5.11 Å². The molecule has 2 heterocycles. The van der Waals surface area contributed by atoms with Gasteiger partial charge in [-0.1, -0.05) is 42.2 Å². The van der Waals surface area contributed by atoms with Crippen LogP contribution in [0.3, 0.4) is 0 Å². The van der Waals surface area contributed by atoms with Gasteiger partial charge in [0.05, 0.1) is 11.5 Å². The number of carbonyl (C=O) groups excluding carboxylic acids is 1. The van der Waals surface area contributed by atoms with Gasteiger partial charge in [0.15, 0.2) is 5.78 Å². The van der Waals surface area contributed by atoms with E-state index in [0.717, 1.165) is 16.8 Å². The highest BCUT2D eigenvalue weighted by Gasteiger charge is 2.37. The van der Waals surface area contributed by atoms with Crippen molar-refractivity contribution >= 4 is 17.4 Å². The molecule has 2 unspecified atom stereocenters. The van der Waals surface area contributed by atoms with Crippen molar-refractivity contribution in [3.05, 3.63) is 95.3 Å². The number of carboxylic acid groups (broad SMARTS) is 1. The molecular formula is C26H22N2O3. The normalized spacial score (nSPS) is 17.5. The number of fused-ring (bicyclic) bond motifs is 1. The molecule has 2 aromatic carbocycles. The van der Waals surface area contributed by atoms with Gasteiger partial charge in [-0.25, -0.2) is 4.79 Å². The summed E-state index contributed by atoms with van der Waals surface area (Å²) in [5.41, 5.74) is 3.75. The van der Waals surface area contributed by atoms with Crippen molar-refractivity contribution < 1.29 is 14.7 Å². The fourth-order valence-electron chi connectivity index (χ4n) is 3.95. The molecule has 0 radical (unpaired) electrons. The van der Waals surface area contributed by atoms with E-state index in [1.54, 1.807) is 36.7 Å². The molecule has 0 saturated heterocycles. The quantitative estimate of drug-likeness (QED) is 0.661. The molecule has 0 aliphatic carbocycles. The molecule has 1 aliphatic rings. The summed E-state index contributed by atoms with van der Waals surface area (Å²) in [6, 6.07) is 17.9. The first-order chi connectivity index (χ1) is 15.0. The number of aromatic nitrogens is 1. The average Bonchev–Trinajstić information content (AvgIpc) is 2.80. The van der Waals surface area contributed by atoms with Gasteiger partial charge in [-0.3, -0.25) is 9.78 Å². The molecule has 3 aromatic rings. The number of Topliss-reactive ketones (excluding diaryl/α,β-unsaturated/α-hetero) is 1. The van der Waals surface area contributed by atoms with E-state index in [2.05, 4.69) is 21.7 Å². The van der Waals surface area contributed by atoms with Crippen LogP contribution in [0, 0.1) is 17.8 Å². The Hall–Kier alpha value is -3.91. The van der Waals surface area contributed by atoms with Gasteiger partial charge in [0, 0.05) is 37.1 Å². The summed E-state index contributed by atoms with van der Waals surface area (Å²) >= 11 is 0. The second-order valence-electron chi connectivity index (χ2n) is 7.61. The van der Waals surface area contributed by atoms with Crippen LogP contribution < -0.4 is 4.90 Å². The summed E-state index contributed by atoms with van der Waals surface area (Å²) in [5.74, 6) is 5.31. The Morgan fingerprint density at radius 2 is 1.84 bits per heavy atom. The van der Waals surface area contributed by atoms with Gasteiger partial charge in [0.2, 0.25) is 0 Å². The van der Waals surface area contributed by atoms with Crippen LogP contribution in [-0.2, 0) is 12.8 Å². The molecular weight excluding hydrogens is 388 g/mol. The van der Waals surface area contributed by atoms with Crippen molar-refractivity contribution in [3.63, 3.8) is 0 Å². The van der Waals surface area contributed by atoms with Crippen LogP contribution in [0.1, 0.15) is 31.8 Å². The van der Waals surface area contributed by atoms with Crippen molar-refractivity contribution in [2.24, 2.45) is 5.92 Å². The van der Waals surface area contributed by atoms with Gasteiger partial charge >= 0.3 is 5.97 Å². The first kappa shape index (κ1) is 20.4. The first-order valence-corrected chi connectivity index (χ1v) is 10.1. The topological polar surface area (TPSA) is 70.5 Å². The molecule has 0 bridgehead atoms. The predicted molar refractivity (Wildman–Crippen MR) is 119 cm³/mol. The zero-order chi connectivity index (χ0) is 21.8. The van der Waals surface area contributed by atoms with Crippen molar-refractivity contribution in [2.45, 2.75) is 18.9 Å². The van der Waals surface area contributed by atoms with Crippen LogP contribution in [0.5, 0.6) is 0 Å². The molecule has 0 spiro atoms. The number of hydrogen-bond acceptors (Lipinski definition) is 4. The summed E-state index contributed by atoms with van der Waals surface area (Å²) in [6.45, 7) is 0. The number of anilines is 1. The standard InChI is InChI=1S/C26H22N2O3/c1-28-23-9-3-2-8-21(23)25(29)22(16-18-11-13-20(14-12-18)26(30)31)24(28)10-4-6-19-7-5-15-27-17-19/h2-3,5,7-9,11-15,17,22,24H,6,16H2,1H3,(H,30,31). The van der Waals surface area contributed by atoms with E-state index < -0.39 is 5.97 Å². The van der Waals surface area contributed by atoms with E-state index in [-0.39, 0.29) is 23.3 Å². The third kappa shape index (κ3) is 4.34. The summed E-state index contributed by atoms with van der Waals surface area (Å²) in [4.78, 5) is 30.7. The fraction of sp³-hybridized carbons (Fsp3) is 0.192. The Morgan fingerprint density at radius 1 is 1.06 bits per heavy atom. The highest BCUT2D eigenvalue weighted by Crippen LogP contribution is 2.34. The highest BCUT2D eigenvalue weighted by molar-refractivity contribution is 6.05. The lowest BCUT2D eigenvalue weighted by Crippen LogP contribution is -2.46. The highest BCUT2D eigenvalue weighted by atomic mass is 16.4. The lowest BCUT2D eigenvalue weighted by Gasteiger charge is -2.38. The number of rotatable bonds is 4. The second-order valence-corrected chi connectivity index (χ2v) is 7.61. The minimum Gasteiger partial charge on any atom is -0.478 e. The van der Waals surface area contributed by atoms with E-state index in [1.165, 1.54) is 0 Å². The first-order valence-electron chi connectivity index (χ1n) is 10.1. The minimum absolute atomic E-state index is 0.0664. The number of para-hydroxylation sites is 1. The van der Waals surface area contributed by atoms with Crippen LogP contribution in [0.4, 0.5) is 5.69 Å².